The standard InChI is InChI=1S/C20H28N2O5S/c1-15-6-7-17(20(24)27-2)14-18(15)28(25,26)22-12-8-16(9-13-22)19(23)21-10-4-3-5-11-21/h6-7,14,16H,3-5,8-13H2,1-2H3. The number of sulfonamides is 1. The van der Waals surface area contributed by atoms with Crippen LogP contribution in [0.15, 0.2) is 23.1 Å². The van der Waals surface area contributed by atoms with Gasteiger partial charge in [0.1, 0.15) is 0 Å². The van der Waals surface area contributed by atoms with Crippen molar-refractivity contribution in [1.82, 2.24) is 9.21 Å². The topological polar surface area (TPSA) is 84.0 Å². The summed E-state index contributed by atoms with van der Waals surface area (Å²) in [5, 5.41) is 0. The number of carbonyl (C=O) groups is 2. The van der Waals surface area contributed by atoms with Crippen molar-refractivity contribution in [2.24, 2.45) is 5.92 Å². The molecule has 2 aliphatic heterocycles. The largest absolute Gasteiger partial charge is 0.465 e. The van der Waals surface area contributed by atoms with Gasteiger partial charge in [-0.1, -0.05) is 6.07 Å². The first kappa shape index (κ1) is 20.8. The van der Waals surface area contributed by atoms with E-state index in [-0.39, 0.29) is 22.3 Å². The first-order chi connectivity index (χ1) is 13.3. The number of piperidine rings is 2. The maximum absolute atomic E-state index is 13.1. The third kappa shape index (κ3) is 4.22. The molecule has 0 saturated carbocycles. The van der Waals surface area contributed by atoms with E-state index < -0.39 is 16.0 Å². The van der Waals surface area contributed by atoms with Gasteiger partial charge in [-0.2, -0.15) is 4.31 Å². The van der Waals surface area contributed by atoms with E-state index in [0.717, 1.165) is 25.9 Å². The van der Waals surface area contributed by atoms with Crippen LogP contribution < -0.4 is 0 Å². The minimum absolute atomic E-state index is 0.105. The van der Waals surface area contributed by atoms with Gasteiger partial charge in [-0.25, -0.2) is 13.2 Å². The van der Waals surface area contributed by atoms with Gasteiger partial charge in [0.25, 0.3) is 0 Å². The first-order valence-corrected chi connectivity index (χ1v) is 11.3. The molecule has 3 rings (SSSR count). The number of amides is 1. The minimum Gasteiger partial charge on any atom is -0.465 e. The van der Waals surface area contributed by atoms with Gasteiger partial charge in [0.15, 0.2) is 0 Å². The van der Waals surface area contributed by atoms with Crippen molar-refractivity contribution in [3.05, 3.63) is 29.3 Å². The Morgan fingerprint density at radius 3 is 2.29 bits per heavy atom. The van der Waals surface area contributed by atoms with Crippen LogP contribution in [0, 0.1) is 12.8 Å². The number of benzene rings is 1. The highest BCUT2D eigenvalue weighted by molar-refractivity contribution is 7.89. The number of hydrogen-bond acceptors (Lipinski definition) is 5. The Balaban J connectivity index is 1.71. The van der Waals surface area contributed by atoms with Gasteiger partial charge in [-0.3, -0.25) is 4.79 Å². The normalized spacial score (nSPS) is 19.4. The molecule has 0 atom stereocenters. The molecule has 7 nitrogen and oxygen atoms in total. The van der Waals surface area contributed by atoms with Crippen molar-refractivity contribution in [1.29, 1.82) is 0 Å². The predicted molar refractivity (Wildman–Crippen MR) is 104 cm³/mol. The van der Waals surface area contributed by atoms with Crippen molar-refractivity contribution in [3.8, 4) is 0 Å². The smallest absolute Gasteiger partial charge is 0.337 e. The third-order valence-electron chi connectivity index (χ3n) is 5.70. The number of esters is 1. The second kappa shape index (κ2) is 8.61. The number of methoxy groups -OCH3 is 1. The Kier molecular flexibility index (Phi) is 6.40. The number of rotatable bonds is 4. The van der Waals surface area contributed by atoms with E-state index in [1.165, 1.54) is 23.9 Å². The zero-order valence-electron chi connectivity index (χ0n) is 16.5. The summed E-state index contributed by atoms with van der Waals surface area (Å²) in [6.45, 7) is 3.97. The number of carbonyl (C=O) groups excluding carboxylic acids is 2. The molecule has 0 N–H and O–H groups in total. The van der Waals surface area contributed by atoms with Crippen LogP contribution >= 0.6 is 0 Å². The third-order valence-corrected chi connectivity index (χ3v) is 7.74. The van der Waals surface area contributed by atoms with Crippen molar-refractivity contribution in [3.63, 3.8) is 0 Å². The highest BCUT2D eigenvalue weighted by Gasteiger charge is 2.35. The molecule has 0 spiro atoms. The Morgan fingerprint density at radius 1 is 1.04 bits per heavy atom. The summed E-state index contributed by atoms with van der Waals surface area (Å²) in [5.41, 5.74) is 0.793. The van der Waals surface area contributed by atoms with Crippen molar-refractivity contribution in [2.45, 2.75) is 43.9 Å². The molecular formula is C20H28N2O5S. The van der Waals surface area contributed by atoms with Crippen LogP contribution in [0.1, 0.15) is 48.0 Å². The molecule has 0 aromatic heterocycles. The molecule has 154 valence electrons. The summed E-state index contributed by atoms with van der Waals surface area (Å²) in [5.74, 6) is -0.505. The Labute approximate surface area is 166 Å². The molecular weight excluding hydrogens is 380 g/mol. The van der Waals surface area contributed by atoms with Gasteiger partial charge in [-0.15, -0.1) is 0 Å². The lowest BCUT2D eigenvalue weighted by atomic mass is 9.95. The van der Waals surface area contributed by atoms with Crippen LogP contribution in [0.2, 0.25) is 0 Å². The molecule has 0 radical (unpaired) electrons. The van der Waals surface area contributed by atoms with Crippen LogP contribution in [-0.2, 0) is 19.6 Å². The fourth-order valence-corrected chi connectivity index (χ4v) is 5.70. The molecule has 2 heterocycles. The number of aryl methyl sites for hydroxylation is 1. The molecule has 2 aliphatic rings. The molecule has 1 aromatic rings. The Hall–Kier alpha value is -1.93. The summed E-state index contributed by atoms with van der Waals surface area (Å²) in [4.78, 5) is 26.5. The van der Waals surface area contributed by atoms with Gasteiger partial charge < -0.3 is 9.64 Å². The van der Waals surface area contributed by atoms with Crippen LogP contribution in [0.25, 0.3) is 0 Å². The van der Waals surface area contributed by atoms with E-state index in [4.69, 9.17) is 4.74 Å². The number of likely N-dealkylation sites (tertiary alicyclic amines) is 1. The fraction of sp³-hybridized carbons (Fsp3) is 0.600. The lowest BCUT2D eigenvalue weighted by molar-refractivity contribution is -0.137. The number of ether oxygens (including phenoxy) is 1. The predicted octanol–water partition coefficient (Wildman–Crippen LogP) is 2.19. The van der Waals surface area contributed by atoms with Gasteiger partial charge in [-0.05, 0) is 56.7 Å². The quantitative estimate of drug-likeness (QED) is 0.713. The van der Waals surface area contributed by atoms with Crippen molar-refractivity contribution < 1.29 is 22.7 Å². The SMILES string of the molecule is COC(=O)c1ccc(C)c(S(=O)(=O)N2CCC(C(=O)N3CCCCC3)CC2)c1. The molecule has 1 aromatic carbocycles. The molecule has 2 saturated heterocycles. The minimum atomic E-state index is -3.73. The average Bonchev–Trinajstić information content (AvgIpc) is 2.73. The molecule has 0 aliphatic carbocycles. The van der Waals surface area contributed by atoms with Crippen LogP contribution in [0.4, 0.5) is 0 Å². The number of hydrogen-bond donors (Lipinski definition) is 0. The van der Waals surface area contributed by atoms with E-state index in [9.17, 15) is 18.0 Å². The lowest BCUT2D eigenvalue weighted by Gasteiger charge is -2.35. The summed E-state index contributed by atoms with van der Waals surface area (Å²) in [6, 6.07) is 4.55. The van der Waals surface area contributed by atoms with E-state index in [2.05, 4.69) is 0 Å². The first-order valence-electron chi connectivity index (χ1n) is 9.82. The fourth-order valence-electron chi connectivity index (χ4n) is 3.98. The zero-order valence-corrected chi connectivity index (χ0v) is 17.3. The molecule has 8 heteroatoms. The zero-order chi connectivity index (χ0) is 20.3. The molecule has 0 unspecified atom stereocenters. The van der Waals surface area contributed by atoms with Crippen LogP contribution in [0.5, 0.6) is 0 Å². The monoisotopic (exact) mass is 408 g/mol. The van der Waals surface area contributed by atoms with E-state index in [1.807, 2.05) is 4.90 Å². The highest BCUT2D eigenvalue weighted by atomic mass is 32.2. The maximum Gasteiger partial charge on any atom is 0.337 e. The molecule has 28 heavy (non-hydrogen) atoms. The average molecular weight is 409 g/mol. The van der Waals surface area contributed by atoms with Crippen molar-refractivity contribution in [2.75, 3.05) is 33.3 Å². The van der Waals surface area contributed by atoms with Gasteiger partial charge in [0.2, 0.25) is 15.9 Å². The Morgan fingerprint density at radius 2 is 1.68 bits per heavy atom. The van der Waals surface area contributed by atoms with Crippen molar-refractivity contribution >= 4 is 21.9 Å². The summed E-state index contributed by atoms with van der Waals surface area (Å²) in [7, 11) is -2.47. The maximum atomic E-state index is 13.1. The molecule has 0 bridgehead atoms. The summed E-state index contributed by atoms with van der Waals surface area (Å²) < 4.78 is 32.4. The summed E-state index contributed by atoms with van der Waals surface area (Å²) in [6.07, 6.45) is 4.34. The van der Waals surface area contributed by atoms with E-state index in [0.29, 0.717) is 31.5 Å². The lowest BCUT2D eigenvalue weighted by Crippen LogP contribution is -2.45. The van der Waals surface area contributed by atoms with E-state index in [1.54, 1.807) is 19.1 Å². The van der Waals surface area contributed by atoms with E-state index >= 15 is 0 Å². The number of nitrogens with zero attached hydrogens (tertiary/aromatic N) is 2. The van der Waals surface area contributed by atoms with Gasteiger partial charge in [0, 0.05) is 32.1 Å². The van der Waals surface area contributed by atoms with Crippen LogP contribution in [0.3, 0.4) is 0 Å². The van der Waals surface area contributed by atoms with Gasteiger partial charge >= 0.3 is 5.97 Å². The molecule has 2 fully saturated rings. The highest BCUT2D eigenvalue weighted by Crippen LogP contribution is 2.28. The summed E-state index contributed by atoms with van der Waals surface area (Å²) >= 11 is 0. The second-order valence-electron chi connectivity index (χ2n) is 7.54. The second-order valence-corrected chi connectivity index (χ2v) is 9.44. The van der Waals surface area contributed by atoms with Gasteiger partial charge in [0.05, 0.1) is 17.6 Å². The Bertz CT molecular complexity index is 838. The molecule has 1 amide bonds. The van der Waals surface area contributed by atoms with Crippen LogP contribution in [-0.4, -0.2) is 62.8 Å².